The molecule has 2 aliphatic rings. The largest absolute Gasteiger partial charge is 0.477 e. The van der Waals surface area contributed by atoms with Gasteiger partial charge in [0.05, 0.1) is 11.0 Å². The maximum absolute atomic E-state index is 12.4. The number of carbonyl (C=O) groups excluding carboxylic acids is 2. The molecule has 0 aromatic rings. The highest BCUT2D eigenvalue weighted by Gasteiger charge is 2.54. The Morgan fingerprint density at radius 2 is 2.25 bits per heavy atom. The van der Waals surface area contributed by atoms with Crippen molar-refractivity contribution in [3.63, 3.8) is 0 Å². The van der Waals surface area contributed by atoms with Crippen molar-refractivity contribution in [3.05, 3.63) is 11.3 Å². The average Bonchev–Trinajstić information content (AvgIpc) is 2.55. The summed E-state index contributed by atoms with van der Waals surface area (Å²) in [4.78, 5) is 36.5. The summed E-state index contributed by atoms with van der Waals surface area (Å²) in [5.41, 5.74) is 6.12. The Balaban J connectivity index is 2.15. The Hall–Kier alpha value is -1.65. The van der Waals surface area contributed by atoms with E-state index in [0.29, 0.717) is 22.7 Å². The van der Waals surface area contributed by atoms with Crippen LogP contribution in [0.5, 0.6) is 0 Å². The molecule has 3 atom stereocenters. The number of nitrogens with zero attached hydrogens (tertiary/aromatic N) is 1. The molecule has 1 saturated heterocycles. The number of hydrogen-bond donors (Lipinski definition) is 3. The zero-order valence-electron chi connectivity index (χ0n) is 13.3. The van der Waals surface area contributed by atoms with Crippen LogP contribution in [-0.4, -0.2) is 62.7 Å². The van der Waals surface area contributed by atoms with Crippen LogP contribution in [0.4, 0.5) is 0 Å². The Labute approximate surface area is 148 Å². The maximum Gasteiger partial charge on any atom is 0.352 e. The Bertz CT molecular complexity index is 622. The van der Waals surface area contributed by atoms with E-state index in [4.69, 9.17) is 22.7 Å². The Morgan fingerprint density at radius 3 is 2.79 bits per heavy atom. The number of thioether (sulfide) groups is 1. The van der Waals surface area contributed by atoms with Crippen molar-refractivity contribution in [2.45, 2.75) is 37.7 Å². The molecule has 1 amide bonds. The van der Waals surface area contributed by atoms with E-state index in [1.165, 1.54) is 23.6 Å². The van der Waals surface area contributed by atoms with Gasteiger partial charge in [0, 0.05) is 18.2 Å². The predicted molar refractivity (Wildman–Crippen MR) is 92.2 cm³/mol. The van der Waals surface area contributed by atoms with Crippen molar-refractivity contribution in [2.75, 3.05) is 12.4 Å². The summed E-state index contributed by atoms with van der Waals surface area (Å²) < 4.78 is 4.88. The van der Waals surface area contributed by atoms with Gasteiger partial charge >= 0.3 is 11.9 Å². The summed E-state index contributed by atoms with van der Waals surface area (Å²) in [6.45, 7) is 2.99. The molecule has 2 heterocycles. The first-order valence-corrected chi connectivity index (χ1v) is 8.82. The second kappa shape index (κ2) is 7.49. The first-order chi connectivity index (χ1) is 11.3. The Kier molecular flexibility index (Phi) is 5.83. The zero-order valence-corrected chi connectivity index (χ0v) is 14.9. The molecular weight excluding hydrogens is 354 g/mol. The molecule has 4 N–H and O–H groups in total. The predicted octanol–water partition coefficient (Wildman–Crippen LogP) is -0.174. The number of nitrogens with two attached hydrogens (primary N) is 1. The van der Waals surface area contributed by atoms with Crippen LogP contribution in [0.25, 0.3) is 0 Å². The lowest BCUT2D eigenvalue weighted by atomic mass is 10.0. The van der Waals surface area contributed by atoms with Crippen LogP contribution in [-0.2, 0) is 19.1 Å². The second-order valence-corrected chi connectivity index (χ2v) is 6.99. The molecule has 0 aliphatic carbocycles. The van der Waals surface area contributed by atoms with E-state index in [9.17, 15) is 19.5 Å². The minimum atomic E-state index is -1.22. The third-order valence-corrected chi connectivity index (χ3v) is 5.53. The topological polar surface area (TPSA) is 122 Å². The molecule has 0 saturated carbocycles. The van der Waals surface area contributed by atoms with Crippen LogP contribution in [0, 0.1) is 0 Å². The van der Waals surface area contributed by atoms with Gasteiger partial charge in [0.25, 0.3) is 5.91 Å². The molecule has 1 unspecified atom stereocenters. The minimum Gasteiger partial charge on any atom is -0.477 e. The molecule has 0 radical (unpaired) electrons. The van der Waals surface area contributed by atoms with Gasteiger partial charge in [0.15, 0.2) is 0 Å². The lowest BCUT2D eigenvalue weighted by Crippen LogP contribution is -2.71. The van der Waals surface area contributed by atoms with E-state index >= 15 is 0 Å². The molecule has 1 fully saturated rings. The number of nitrogens with one attached hydrogen (secondary N) is 1. The number of amides is 1. The van der Waals surface area contributed by atoms with Crippen LogP contribution in [0.2, 0.25) is 0 Å². The van der Waals surface area contributed by atoms with Gasteiger partial charge in [0.1, 0.15) is 23.7 Å². The molecule has 0 aromatic heterocycles. The van der Waals surface area contributed by atoms with E-state index in [-0.39, 0.29) is 29.6 Å². The number of carboxylic acids is 1. The average molecular weight is 373 g/mol. The number of carboxylic acid groups (broad SMARTS) is 1. The van der Waals surface area contributed by atoms with Crippen LogP contribution < -0.4 is 11.1 Å². The summed E-state index contributed by atoms with van der Waals surface area (Å²) in [6, 6.07) is -0.936. The van der Waals surface area contributed by atoms with E-state index in [1.807, 2.05) is 6.92 Å². The number of β-lactam (4-membered cyclic amide) rings is 1. The van der Waals surface area contributed by atoms with Crippen molar-refractivity contribution in [3.8, 4) is 0 Å². The van der Waals surface area contributed by atoms with Crippen molar-refractivity contribution < 1.29 is 24.2 Å². The fraction of sp³-hybridized carbons (Fsp3) is 0.571. The lowest BCUT2D eigenvalue weighted by Gasteiger charge is -2.49. The highest BCUT2D eigenvalue weighted by atomic mass is 32.2. The van der Waals surface area contributed by atoms with E-state index in [2.05, 4.69) is 5.32 Å². The van der Waals surface area contributed by atoms with Crippen molar-refractivity contribution >= 4 is 46.8 Å². The number of aliphatic carboxylic acids is 1. The van der Waals surface area contributed by atoms with E-state index < -0.39 is 18.0 Å². The molecule has 2 aliphatic heterocycles. The second-order valence-electron chi connectivity index (χ2n) is 5.45. The van der Waals surface area contributed by atoms with Gasteiger partial charge < -0.3 is 20.9 Å². The summed E-state index contributed by atoms with van der Waals surface area (Å²) in [5.74, 6) is -1.75. The minimum absolute atomic E-state index is 0.117. The molecule has 2 rings (SSSR count). The van der Waals surface area contributed by atoms with Gasteiger partial charge in [0.2, 0.25) is 0 Å². The summed E-state index contributed by atoms with van der Waals surface area (Å²) >= 11 is 6.57. The normalized spacial score (nSPS) is 24.0. The highest BCUT2D eigenvalue weighted by molar-refractivity contribution is 8.00. The van der Waals surface area contributed by atoms with E-state index in [1.54, 1.807) is 0 Å². The first kappa shape index (κ1) is 18.7. The van der Waals surface area contributed by atoms with Gasteiger partial charge in [-0.1, -0.05) is 19.1 Å². The zero-order chi connectivity index (χ0) is 18.0. The van der Waals surface area contributed by atoms with Gasteiger partial charge in [-0.2, -0.15) is 0 Å². The first-order valence-electron chi connectivity index (χ1n) is 7.37. The summed E-state index contributed by atoms with van der Waals surface area (Å²) in [7, 11) is 0. The molecule has 0 spiro atoms. The number of esters is 1. The summed E-state index contributed by atoms with van der Waals surface area (Å²) in [6.07, 6.45) is 0.640. The molecule has 132 valence electrons. The standard InChI is InChI=1S/C14H19N3O5S2/c1-3-8(15)11(23)16-9-12(19)17-10(14(20)21)7(4-22-6(2)18)5-24-13(9)17/h8-9,13H,3-5,15H2,1-2H3,(H,16,23)(H,20,21)/t8?,9-,13+/m1/s1. The van der Waals surface area contributed by atoms with Crippen LogP contribution >= 0.6 is 24.0 Å². The van der Waals surface area contributed by atoms with Crippen LogP contribution in [0.1, 0.15) is 20.3 Å². The number of ether oxygens (including phenoxy) is 1. The number of fused-ring (bicyclic) bond motifs is 1. The molecular formula is C14H19N3O5S2. The van der Waals surface area contributed by atoms with Gasteiger partial charge in [-0.25, -0.2) is 4.79 Å². The van der Waals surface area contributed by atoms with E-state index in [0.717, 1.165) is 0 Å². The fourth-order valence-electron chi connectivity index (χ4n) is 2.43. The van der Waals surface area contributed by atoms with Crippen LogP contribution in [0.15, 0.2) is 11.3 Å². The highest BCUT2D eigenvalue weighted by Crippen LogP contribution is 2.40. The maximum atomic E-state index is 12.4. The van der Waals surface area contributed by atoms with Crippen LogP contribution in [0.3, 0.4) is 0 Å². The molecule has 8 nitrogen and oxygen atoms in total. The molecule has 10 heteroatoms. The SMILES string of the molecule is CCC(N)C(=S)N[C@@H]1C(=O)N2C(C(=O)O)=C(COC(C)=O)CS[C@@H]12. The van der Waals surface area contributed by atoms with Crippen molar-refractivity contribution in [2.24, 2.45) is 5.73 Å². The molecule has 24 heavy (non-hydrogen) atoms. The fourth-order valence-corrected chi connectivity index (χ4v) is 4.05. The molecule has 0 bridgehead atoms. The smallest absolute Gasteiger partial charge is 0.352 e. The quantitative estimate of drug-likeness (QED) is 0.331. The lowest BCUT2D eigenvalue weighted by molar-refractivity contribution is -0.148. The third kappa shape index (κ3) is 3.55. The third-order valence-electron chi connectivity index (χ3n) is 3.77. The number of hydrogen-bond acceptors (Lipinski definition) is 7. The Morgan fingerprint density at radius 1 is 1.58 bits per heavy atom. The van der Waals surface area contributed by atoms with Crippen molar-refractivity contribution in [1.82, 2.24) is 10.2 Å². The van der Waals surface area contributed by atoms with Gasteiger partial charge in [-0.15, -0.1) is 11.8 Å². The van der Waals surface area contributed by atoms with Gasteiger partial charge in [-0.05, 0) is 6.42 Å². The monoisotopic (exact) mass is 373 g/mol. The summed E-state index contributed by atoms with van der Waals surface area (Å²) in [5, 5.41) is 12.0. The number of carbonyl (C=O) groups is 3. The van der Waals surface area contributed by atoms with Gasteiger partial charge in [-0.3, -0.25) is 14.5 Å². The van der Waals surface area contributed by atoms with Crippen molar-refractivity contribution in [1.29, 1.82) is 0 Å². The number of rotatable bonds is 6. The molecule has 0 aromatic carbocycles. The number of thiocarbonyl (C=S) groups is 1.